The first-order valence-electron chi connectivity index (χ1n) is 6.19. The standard InChI is InChI=1S/C12H27NO2Si/c1-12(6-8-15-9-7-12)13(10-14-2)11-16(3,4)5/h6-11H2,1-5H3. The van der Waals surface area contributed by atoms with E-state index in [1.54, 1.807) is 7.11 Å². The van der Waals surface area contributed by atoms with E-state index in [9.17, 15) is 0 Å². The third-order valence-corrected chi connectivity index (χ3v) is 4.61. The molecule has 0 bridgehead atoms. The van der Waals surface area contributed by atoms with E-state index in [0.29, 0.717) is 0 Å². The monoisotopic (exact) mass is 245 g/mol. The van der Waals surface area contributed by atoms with Gasteiger partial charge in [-0.15, -0.1) is 0 Å². The second-order valence-corrected chi connectivity index (χ2v) is 11.7. The SMILES string of the molecule is COCN(C[Si](C)(C)C)C1(C)CCOCC1. The van der Waals surface area contributed by atoms with Crippen molar-refractivity contribution < 1.29 is 9.47 Å². The van der Waals surface area contributed by atoms with Crippen LogP contribution in [0.25, 0.3) is 0 Å². The molecule has 0 amide bonds. The predicted molar refractivity (Wildman–Crippen MR) is 70.4 cm³/mol. The van der Waals surface area contributed by atoms with E-state index in [1.165, 1.54) is 6.17 Å². The molecule has 0 aliphatic carbocycles. The van der Waals surface area contributed by atoms with Gasteiger partial charge in [-0.25, -0.2) is 0 Å². The molecule has 4 heteroatoms. The molecule has 16 heavy (non-hydrogen) atoms. The van der Waals surface area contributed by atoms with E-state index >= 15 is 0 Å². The lowest BCUT2D eigenvalue weighted by Gasteiger charge is -2.45. The minimum Gasteiger partial charge on any atom is -0.381 e. The fourth-order valence-corrected chi connectivity index (χ4v) is 3.87. The summed E-state index contributed by atoms with van der Waals surface area (Å²) in [7, 11) is 0.708. The summed E-state index contributed by atoms with van der Waals surface area (Å²) in [5.41, 5.74) is 0.272. The van der Waals surface area contributed by atoms with Crippen LogP contribution in [0, 0.1) is 0 Å². The molecule has 1 aliphatic rings. The molecular formula is C12H27NO2Si. The van der Waals surface area contributed by atoms with Crippen molar-refractivity contribution in [2.24, 2.45) is 0 Å². The number of rotatable bonds is 5. The van der Waals surface area contributed by atoms with Crippen molar-refractivity contribution in [2.75, 3.05) is 33.2 Å². The van der Waals surface area contributed by atoms with E-state index in [1.807, 2.05) is 0 Å². The molecule has 1 rings (SSSR count). The van der Waals surface area contributed by atoms with Gasteiger partial charge in [-0.2, -0.15) is 0 Å². The van der Waals surface area contributed by atoms with Crippen molar-refractivity contribution in [3.63, 3.8) is 0 Å². The summed E-state index contributed by atoms with van der Waals surface area (Å²) >= 11 is 0. The Kier molecular flexibility index (Phi) is 4.98. The van der Waals surface area contributed by atoms with Crippen molar-refractivity contribution in [3.8, 4) is 0 Å². The fraction of sp³-hybridized carbons (Fsp3) is 1.00. The molecule has 96 valence electrons. The lowest BCUT2D eigenvalue weighted by atomic mass is 9.91. The molecule has 1 heterocycles. The highest BCUT2D eigenvalue weighted by atomic mass is 28.3. The molecule has 0 atom stereocenters. The summed E-state index contributed by atoms with van der Waals surface area (Å²) in [5, 5.41) is 0. The molecule has 3 nitrogen and oxygen atoms in total. The van der Waals surface area contributed by atoms with Gasteiger partial charge in [0.25, 0.3) is 0 Å². The Morgan fingerprint density at radius 3 is 2.25 bits per heavy atom. The molecule has 1 aliphatic heterocycles. The summed E-state index contributed by atoms with van der Waals surface area (Å²) in [4.78, 5) is 2.53. The first kappa shape index (κ1) is 14.2. The number of nitrogens with zero attached hydrogens (tertiary/aromatic N) is 1. The molecule has 0 saturated carbocycles. The second kappa shape index (κ2) is 5.62. The smallest absolute Gasteiger partial charge is 0.0988 e. The van der Waals surface area contributed by atoms with Crippen molar-refractivity contribution in [1.82, 2.24) is 4.90 Å². The Morgan fingerprint density at radius 2 is 1.81 bits per heavy atom. The van der Waals surface area contributed by atoms with Gasteiger partial charge in [0.2, 0.25) is 0 Å². The van der Waals surface area contributed by atoms with Crippen LogP contribution in [0.5, 0.6) is 0 Å². The second-order valence-electron chi connectivity index (χ2n) is 6.29. The van der Waals surface area contributed by atoms with Crippen LogP contribution in [-0.4, -0.2) is 51.7 Å². The third kappa shape index (κ3) is 4.16. The van der Waals surface area contributed by atoms with E-state index in [0.717, 1.165) is 32.8 Å². The maximum absolute atomic E-state index is 5.47. The molecule has 1 fully saturated rings. The number of methoxy groups -OCH3 is 1. The Labute approximate surface area is 101 Å². The van der Waals surface area contributed by atoms with Gasteiger partial charge in [0.15, 0.2) is 0 Å². The third-order valence-electron chi connectivity index (χ3n) is 3.28. The van der Waals surface area contributed by atoms with Crippen molar-refractivity contribution in [3.05, 3.63) is 0 Å². The molecule has 0 N–H and O–H groups in total. The highest BCUT2D eigenvalue weighted by Gasteiger charge is 2.35. The lowest BCUT2D eigenvalue weighted by molar-refractivity contribution is -0.0561. The van der Waals surface area contributed by atoms with E-state index in [-0.39, 0.29) is 5.54 Å². The van der Waals surface area contributed by atoms with Crippen LogP contribution < -0.4 is 0 Å². The molecular weight excluding hydrogens is 218 g/mol. The average Bonchev–Trinajstić information content (AvgIpc) is 2.16. The highest BCUT2D eigenvalue weighted by Crippen LogP contribution is 2.28. The lowest BCUT2D eigenvalue weighted by Crippen LogP contribution is -2.55. The fourth-order valence-electron chi connectivity index (χ4n) is 2.25. The zero-order valence-electron chi connectivity index (χ0n) is 11.5. The molecule has 0 aromatic rings. The van der Waals surface area contributed by atoms with Gasteiger partial charge in [-0.05, 0) is 25.9 Å². The van der Waals surface area contributed by atoms with Gasteiger partial charge in [0.05, 0.1) is 14.8 Å². The topological polar surface area (TPSA) is 21.7 Å². The average molecular weight is 245 g/mol. The van der Waals surface area contributed by atoms with Crippen LogP contribution >= 0.6 is 0 Å². The zero-order chi connectivity index (χ0) is 12.2. The quantitative estimate of drug-likeness (QED) is 0.548. The molecule has 0 unspecified atom stereocenters. The highest BCUT2D eigenvalue weighted by molar-refractivity contribution is 6.76. The first-order valence-corrected chi connectivity index (χ1v) is 9.90. The first-order chi connectivity index (χ1) is 7.37. The van der Waals surface area contributed by atoms with E-state index in [4.69, 9.17) is 9.47 Å². The largest absolute Gasteiger partial charge is 0.381 e. The minimum atomic E-state index is -1.08. The van der Waals surface area contributed by atoms with Crippen LogP contribution in [-0.2, 0) is 9.47 Å². The Hall–Kier alpha value is 0.0969. The van der Waals surface area contributed by atoms with Crippen LogP contribution in [0.3, 0.4) is 0 Å². The van der Waals surface area contributed by atoms with Gasteiger partial charge >= 0.3 is 0 Å². The maximum atomic E-state index is 5.47. The number of hydrogen-bond acceptors (Lipinski definition) is 3. The summed E-state index contributed by atoms with van der Waals surface area (Å²) in [6, 6.07) is 0. The van der Waals surface area contributed by atoms with Gasteiger partial charge in [0, 0.05) is 25.9 Å². The molecule has 0 spiro atoms. The van der Waals surface area contributed by atoms with Crippen LogP contribution in [0.2, 0.25) is 19.6 Å². The van der Waals surface area contributed by atoms with Gasteiger partial charge in [-0.1, -0.05) is 19.6 Å². The van der Waals surface area contributed by atoms with Crippen molar-refractivity contribution >= 4 is 8.07 Å². The normalized spacial score (nSPS) is 21.4. The Morgan fingerprint density at radius 1 is 1.25 bits per heavy atom. The zero-order valence-corrected chi connectivity index (χ0v) is 12.5. The minimum absolute atomic E-state index is 0.272. The van der Waals surface area contributed by atoms with Crippen molar-refractivity contribution in [2.45, 2.75) is 44.9 Å². The number of ether oxygens (including phenoxy) is 2. The predicted octanol–water partition coefficient (Wildman–Crippen LogP) is 2.34. The van der Waals surface area contributed by atoms with Crippen LogP contribution in [0.1, 0.15) is 19.8 Å². The maximum Gasteiger partial charge on any atom is 0.0988 e. The molecule has 0 aromatic carbocycles. The van der Waals surface area contributed by atoms with Crippen LogP contribution in [0.4, 0.5) is 0 Å². The summed E-state index contributed by atoms with van der Waals surface area (Å²) in [6.45, 7) is 12.1. The molecule has 1 saturated heterocycles. The van der Waals surface area contributed by atoms with Gasteiger partial charge in [0.1, 0.15) is 0 Å². The van der Waals surface area contributed by atoms with Crippen molar-refractivity contribution in [1.29, 1.82) is 0 Å². The Balaban J connectivity index is 2.67. The summed E-state index contributed by atoms with van der Waals surface area (Å²) in [5.74, 6) is 0. The van der Waals surface area contributed by atoms with E-state index in [2.05, 4.69) is 31.5 Å². The molecule has 0 radical (unpaired) electrons. The Bertz CT molecular complexity index is 210. The number of hydrogen-bond donors (Lipinski definition) is 0. The summed E-state index contributed by atoms with van der Waals surface area (Å²) < 4.78 is 10.8. The van der Waals surface area contributed by atoms with Gasteiger partial charge < -0.3 is 9.47 Å². The molecule has 0 aromatic heterocycles. The van der Waals surface area contributed by atoms with Crippen LogP contribution in [0.15, 0.2) is 0 Å². The van der Waals surface area contributed by atoms with E-state index < -0.39 is 8.07 Å². The van der Waals surface area contributed by atoms with Gasteiger partial charge in [-0.3, -0.25) is 4.90 Å². The summed E-state index contributed by atoms with van der Waals surface area (Å²) in [6.07, 6.45) is 3.46.